The SMILES string of the molecule is CCN(CC(C)C#N)C(=O)CN1CC(C)CC(C)C1. The van der Waals surface area contributed by atoms with Crippen LogP contribution in [0.4, 0.5) is 0 Å². The zero-order valence-corrected chi connectivity index (χ0v) is 12.7. The highest BCUT2D eigenvalue weighted by atomic mass is 16.2. The van der Waals surface area contributed by atoms with Gasteiger partial charge < -0.3 is 4.90 Å². The second-order valence-corrected chi connectivity index (χ2v) is 6.10. The second-order valence-electron chi connectivity index (χ2n) is 6.10. The Kier molecular flexibility index (Phi) is 6.30. The molecule has 0 saturated carbocycles. The van der Waals surface area contributed by atoms with Gasteiger partial charge in [0.1, 0.15) is 0 Å². The highest BCUT2D eigenvalue weighted by Gasteiger charge is 2.25. The van der Waals surface area contributed by atoms with Crippen LogP contribution in [0.5, 0.6) is 0 Å². The molecule has 1 amide bonds. The molecular formula is C15H27N3O. The predicted molar refractivity (Wildman–Crippen MR) is 76.4 cm³/mol. The van der Waals surface area contributed by atoms with Gasteiger partial charge in [-0.25, -0.2) is 0 Å². The van der Waals surface area contributed by atoms with Gasteiger partial charge >= 0.3 is 0 Å². The normalized spacial score (nSPS) is 25.6. The minimum atomic E-state index is -0.0943. The molecule has 1 aliphatic rings. The Bertz CT molecular complexity index is 327. The van der Waals surface area contributed by atoms with Gasteiger partial charge in [-0.2, -0.15) is 5.26 Å². The number of likely N-dealkylation sites (N-methyl/N-ethyl adjacent to an activating group) is 1. The molecular weight excluding hydrogens is 238 g/mol. The molecule has 108 valence electrons. The largest absolute Gasteiger partial charge is 0.341 e. The summed E-state index contributed by atoms with van der Waals surface area (Å²) in [6.07, 6.45) is 1.26. The van der Waals surface area contributed by atoms with E-state index in [1.807, 2.05) is 13.8 Å². The number of amides is 1. The Labute approximate surface area is 117 Å². The summed E-state index contributed by atoms with van der Waals surface area (Å²) in [4.78, 5) is 16.4. The molecule has 3 atom stereocenters. The van der Waals surface area contributed by atoms with E-state index in [9.17, 15) is 4.79 Å². The maximum Gasteiger partial charge on any atom is 0.236 e. The first-order valence-corrected chi connectivity index (χ1v) is 7.36. The number of carbonyl (C=O) groups excluding carboxylic acids is 1. The lowest BCUT2D eigenvalue weighted by molar-refractivity contribution is -0.133. The predicted octanol–water partition coefficient (Wildman–Crippen LogP) is 1.97. The summed E-state index contributed by atoms with van der Waals surface area (Å²) in [5, 5.41) is 8.85. The minimum Gasteiger partial charge on any atom is -0.341 e. The van der Waals surface area contributed by atoms with Gasteiger partial charge in [-0.1, -0.05) is 13.8 Å². The third-order valence-corrected chi connectivity index (χ3v) is 3.75. The van der Waals surface area contributed by atoms with Crippen molar-refractivity contribution >= 4 is 5.91 Å². The Morgan fingerprint density at radius 2 is 2.00 bits per heavy atom. The highest BCUT2D eigenvalue weighted by Crippen LogP contribution is 2.20. The van der Waals surface area contributed by atoms with Gasteiger partial charge in [-0.05, 0) is 32.1 Å². The molecule has 0 spiro atoms. The van der Waals surface area contributed by atoms with Gasteiger partial charge in [0, 0.05) is 26.2 Å². The number of carbonyl (C=O) groups is 1. The molecule has 1 heterocycles. The lowest BCUT2D eigenvalue weighted by Crippen LogP contribution is -2.46. The van der Waals surface area contributed by atoms with Crippen molar-refractivity contribution in [3.05, 3.63) is 0 Å². The van der Waals surface area contributed by atoms with Crippen molar-refractivity contribution in [3.63, 3.8) is 0 Å². The van der Waals surface area contributed by atoms with Crippen LogP contribution in [-0.4, -0.2) is 48.4 Å². The van der Waals surface area contributed by atoms with E-state index in [1.165, 1.54) is 6.42 Å². The smallest absolute Gasteiger partial charge is 0.236 e. The fourth-order valence-electron chi connectivity index (χ4n) is 2.99. The first kappa shape index (κ1) is 16.0. The van der Waals surface area contributed by atoms with Crippen LogP contribution in [-0.2, 0) is 4.79 Å². The Morgan fingerprint density at radius 1 is 1.42 bits per heavy atom. The van der Waals surface area contributed by atoms with Gasteiger partial charge in [-0.3, -0.25) is 9.69 Å². The summed E-state index contributed by atoms with van der Waals surface area (Å²) in [5.74, 6) is 1.41. The molecule has 3 unspecified atom stereocenters. The van der Waals surface area contributed by atoms with Crippen LogP contribution in [0.3, 0.4) is 0 Å². The standard InChI is InChI=1S/C15H27N3O/c1-5-18(10-14(4)7-16)15(19)11-17-8-12(2)6-13(3)9-17/h12-14H,5-6,8-11H2,1-4H3. The van der Waals surface area contributed by atoms with Crippen molar-refractivity contribution in [1.82, 2.24) is 9.80 Å². The van der Waals surface area contributed by atoms with Crippen LogP contribution < -0.4 is 0 Å². The number of rotatable bonds is 5. The van der Waals surface area contributed by atoms with Gasteiger partial charge in [0.05, 0.1) is 18.5 Å². The molecule has 0 aromatic rings. The van der Waals surface area contributed by atoms with Crippen LogP contribution in [0.25, 0.3) is 0 Å². The van der Waals surface area contributed by atoms with Crippen LogP contribution in [0.15, 0.2) is 0 Å². The fourth-order valence-corrected chi connectivity index (χ4v) is 2.99. The molecule has 4 nitrogen and oxygen atoms in total. The monoisotopic (exact) mass is 265 g/mol. The second kappa shape index (κ2) is 7.49. The summed E-state index contributed by atoms with van der Waals surface area (Å²) in [6.45, 7) is 12.1. The van der Waals surface area contributed by atoms with Gasteiger partial charge in [0.2, 0.25) is 5.91 Å². The first-order chi connectivity index (χ1) is 8.96. The molecule has 0 aliphatic carbocycles. The topological polar surface area (TPSA) is 47.3 Å². The summed E-state index contributed by atoms with van der Waals surface area (Å²) in [6, 6.07) is 2.19. The molecule has 0 aromatic carbocycles. The number of nitrogens with zero attached hydrogens (tertiary/aromatic N) is 3. The molecule has 1 rings (SSSR count). The van der Waals surface area contributed by atoms with E-state index < -0.39 is 0 Å². The molecule has 19 heavy (non-hydrogen) atoms. The minimum absolute atomic E-state index is 0.0943. The first-order valence-electron chi connectivity index (χ1n) is 7.36. The summed E-state index contributed by atoms with van der Waals surface area (Å²) >= 11 is 0. The van der Waals surface area contributed by atoms with Gasteiger partial charge in [0.15, 0.2) is 0 Å². The number of nitriles is 1. The van der Waals surface area contributed by atoms with Crippen LogP contribution in [0, 0.1) is 29.1 Å². The Morgan fingerprint density at radius 3 is 2.47 bits per heavy atom. The molecule has 0 N–H and O–H groups in total. The van der Waals surface area contributed by atoms with Gasteiger partial charge in [0.25, 0.3) is 0 Å². The van der Waals surface area contributed by atoms with Gasteiger partial charge in [-0.15, -0.1) is 0 Å². The quantitative estimate of drug-likeness (QED) is 0.763. The molecule has 1 fully saturated rings. The third kappa shape index (κ3) is 5.20. The molecule has 0 bridgehead atoms. The van der Waals surface area contributed by atoms with E-state index in [0.29, 0.717) is 31.5 Å². The highest BCUT2D eigenvalue weighted by molar-refractivity contribution is 5.78. The van der Waals surface area contributed by atoms with E-state index in [2.05, 4.69) is 24.8 Å². The van der Waals surface area contributed by atoms with Crippen molar-refractivity contribution in [2.45, 2.75) is 34.1 Å². The summed E-state index contributed by atoms with van der Waals surface area (Å²) in [5.41, 5.74) is 0. The Hall–Kier alpha value is -1.08. The van der Waals surface area contributed by atoms with E-state index >= 15 is 0 Å². The fraction of sp³-hybridized carbons (Fsp3) is 0.867. The molecule has 0 radical (unpaired) electrons. The van der Waals surface area contributed by atoms with Crippen molar-refractivity contribution in [2.75, 3.05) is 32.7 Å². The average Bonchev–Trinajstić information content (AvgIpc) is 2.34. The average molecular weight is 265 g/mol. The summed E-state index contributed by atoms with van der Waals surface area (Å²) < 4.78 is 0. The Balaban J connectivity index is 2.50. The lowest BCUT2D eigenvalue weighted by Gasteiger charge is -2.35. The van der Waals surface area contributed by atoms with Crippen LogP contribution in [0.2, 0.25) is 0 Å². The van der Waals surface area contributed by atoms with E-state index in [-0.39, 0.29) is 11.8 Å². The number of piperidine rings is 1. The molecule has 4 heteroatoms. The zero-order chi connectivity index (χ0) is 14.4. The number of hydrogen-bond donors (Lipinski definition) is 0. The summed E-state index contributed by atoms with van der Waals surface area (Å²) in [7, 11) is 0. The number of likely N-dealkylation sites (tertiary alicyclic amines) is 1. The zero-order valence-electron chi connectivity index (χ0n) is 12.7. The van der Waals surface area contributed by atoms with E-state index in [1.54, 1.807) is 4.90 Å². The maximum atomic E-state index is 12.3. The van der Waals surface area contributed by atoms with E-state index in [0.717, 1.165) is 13.1 Å². The van der Waals surface area contributed by atoms with E-state index in [4.69, 9.17) is 5.26 Å². The molecule has 1 aliphatic heterocycles. The molecule has 0 aromatic heterocycles. The maximum absolute atomic E-state index is 12.3. The van der Waals surface area contributed by atoms with Crippen LogP contribution >= 0.6 is 0 Å². The van der Waals surface area contributed by atoms with Crippen LogP contribution in [0.1, 0.15) is 34.1 Å². The van der Waals surface area contributed by atoms with Crippen molar-refractivity contribution in [1.29, 1.82) is 5.26 Å². The van der Waals surface area contributed by atoms with Crippen molar-refractivity contribution < 1.29 is 4.79 Å². The lowest BCUT2D eigenvalue weighted by atomic mass is 9.92. The van der Waals surface area contributed by atoms with Crippen molar-refractivity contribution in [2.24, 2.45) is 17.8 Å². The third-order valence-electron chi connectivity index (χ3n) is 3.75. The van der Waals surface area contributed by atoms with Crippen molar-refractivity contribution in [3.8, 4) is 6.07 Å². The number of hydrogen-bond acceptors (Lipinski definition) is 3. The molecule has 1 saturated heterocycles.